The molecule has 0 aliphatic rings. The van der Waals surface area contributed by atoms with Gasteiger partial charge in [-0.2, -0.15) is 0 Å². The molecule has 2 rings (SSSR count). The molecule has 0 saturated carbocycles. The Balaban J connectivity index is 2.39. The van der Waals surface area contributed by atoms with Crippen LogP contribution < -0.4 is 11.3 Å². The third-order valence-electron chi connectivity index (χ3n) is 2.35. The first-order valence-electron chi connectivity index (χ1n) is 4.87. The van der Waals surface area contributed by atoms with Crippen LogP contribution in [0.2, 0.25) is 0 Å². The summed E-state index contributed by atoms with van der Waals surface area (Å²) < 4.78 is 14.7. The first-order chi connectivity index (χ1) is 7.68. The summed E-state index contributed by atoms with van der Waals surface area (Å²) in [6.45, 7) is 0.191. The van der Waals surface area contributed by atoms with E-state index < -0.39 is 0 Å². The van der Waals surface area contributed by atoms with E-state index in [2.05, 4.69) is 0 Å². The zero-order chi connectivity index (χ0) is 11.5. The lowest BCUT2D eigenvalue weighted by molar-refractivity contribution is 0.596. The van der Waals surface area contributed by atoms with Crippen molar-refractivity contribution in [3.63, 3.8) is 0 Å². The maximum atomic E-state index is 13.4. The first kappa shape index (κ1) is 10.4. The molecule has 0 unspecified atom stereocenters. The highest BCUT2D eigenvalue weighted by Crippen LogP contribution is 2.07. The summed E-state index contributed by atoms with van der Waals surface area (Å²) in [5.41, 5.74) is 5.82. The van der Waals surface area contributed by atoms with Crippen LogP contribution in [-0.2, 0) is 6.54 Å². The molecular weight excluding hydrogens is 207 g/mol. The SMILES string of the molecule is Nc1cccn(Cc2ccccc2F)c1=O. The van der Waals surface area contributed by atoms with Gasteiger partial charge in [-0.25, -0.2) is 4.39 Å². The lowest BCUT2D eigenvalue weighted by atomic mass is 10.2. The van der Waals surface area contributed by atoms with Crippen molar-refractivity contribution >= 4 is 5.69 Å². The molecule has 2 N–H and O–H groups in total. The molecule has 2 aromatic rings. The molecule has 0 amide bonds. The predicted octanol–water partition coefficient (Wildman–Crippen LogP) is 1.62. The van der Waals surface area contributed by atoms with Crippen LogP contribution in [0.4, 0.5) is 10.1 Å². The molecule has 0 aliphatic carbocycles. The van der Waals surface area contributed by atoms with Gasteiger partial charge in [-0.05, 0) is 18.2 Å². The van der Waals surface area contributed by atoms with E-state index in [0.29, 0.717) is 5.56 Å². The zero-order valence-electron chi connectivity index (χ0n) is 8.56. The molecule has 1 heterocycles. The molecule has 3 nitrogen and oxygen atoms in total. The molecule has 0 spiro atoms. The quantitative estimate of drug-likeness (QED) is 0.832. The molecule has 0 saturated heterocycles. The predicted molar refractivity (Wildman–Crippen MR) is 60.6 cm³/mol. The maximum absolute atomic E-state index is 13.4. The number of halogens is 1. The Morgan fingerprint density at radius 3 is 2.69 bits per heavy atom. The summed E-state index contributed by atoms with van der Waals surface area (Å²) in [5, 5.41) is 0. The number of nitrogen functional groups attached to an aromatic ring is 1. The fraction of sp³-hybridized carbons (Fsp3) is 0.0833. The van der Waals surface area contributed by atoms with Crippen molar-refractivity contribution < 1.29 is 4.39 Å². The van der Waals surface area contributed by atoms with Crippen LogP contribution in [0.25, 0.3) is 0 Å². The van der Waals surface area contributed by atoms with E-state index in [1.165, 1.54) is 16.7 Å². The molecule has 16 heavy (non-hydrogen) atoms. The molecular formula is C12H11FN2O. The number of rotatable bonds is 2. The Bertz CT molecular complexity index is 563. The monoisotopic (exact) mass is 218 g/mol. The highest BCUT2D eigenvalue weighted by Gasteiger charge is 2.04. The van der Waals surface area contributed by atoms with Crippen LogP contribution in [0.3, 0.4) is 0 Å². The highest BCUT2D eigenvalue weighted by molar-refractivity contribution is 5.34. The summed E-state index contributed by atoms with van der Waals surface area (Å²) >= 11 is 0. The van der Waals surface area contributed by atoms with Gasteiger partial charge < -0.3 is 10.3 Å². The minimum atomic E-state index is -0.322. The van der Waals surface area contributed by atoms with Crippen molar-refractivity contribution in [2.75, 3.05) is 5.73 Å². The van der Waals surface area contributed by atoms with Gasteiger partial charge in [0.25, 0.3) is 5.56 Å². The number of aromatic nitrogens is 1. The van der Waals surface area contributed by atoms with Crippen molar-refractivity contribution in [3.8, 4) is 0 Å². The van der Waals surface area contributed by atoms with Gasteiger partial charge in [-0.1, -0.05) is 18.2 Å². The fourth-order valence-electron chi connectivity index (χ4n) is 1.49. The van der Waals surface area contributed by atoms with Gasteiger partial charge >= 0.3 is 0 Å². The highest BCUT2D eigenvalue weighted by atomic mass is 19.1. The largest absolute Gasteiger partial charge is 0.394 e. The molecule has 1 aromatic heterocycles. The molecule has 1 aromatic carbocycles. The van der Waals surface area contributed by atoms with Crippen LogP contribution in [0.15, 0.2) is 47.4 Å². The number of pyridine rings is 1. The van der Waals surface area contributed by atoms with Crippen LogP contribution in [0.5, 0.6) is 0 Å². The third kappa shape index (κ3) is 1.95. The van der Waals surface area contributed by atoms with E-state index in [0.717, 1.165) is 0 Å². The summed E-state index contributed by atoms with van der Waals surface area (Å²) in [5.74, 6) is -0.322. The van der Waals surface area contributed by atoms with Crippen LogP contribution >= 0.6 is 0 Å². The summed E-state index contributed by atoms with van der Waals surface area (Å²) in [4.78, 5) is 11.6. The van der Waals surface area contributed by atoms with Crippen molar-refractivity contribution in [2.24, 2.45) is 0 Å². The van der Waals surface area contributed by atoms with Gasteiger partial charge in [0.15, 0.2) is 0 Å². The second-order valence-electron chi connectivity index (χ2n) is 3.49. The Labute approximate surface area is 92.0 Å². The normalized spacial score (nSPS) is 10.3. The number of nitrogens with zero attached hydrogens (tertiary/aromatic N) is 1. The summed E-state index contributed by atoms with van der Waals surface area (Å²) in [6.07, 6.45) is 1.59. The van der Waals surface area contributed by atoms with E-state index in [1.54, 1.807) is 30.5 Å². The number of benzene rings is 1. The molecule has 0 fully saturated rings. The van der Waals surface area contributed by atoms with Gasteiger partial charge in [0.2, 0.25) is 0 Å². The topological polar surface area (TPSA) is 48.0 Å². The van der Waals surface area contributed by atoms with Gasteiger partial charge in [0.05, 0.1) is 12.2 Å². The van der Waals surface area contributed by atoms with Gasteiger partial charge in [0.1, 0.15) is 5.82 Å². The minimum absolute atomic E-state index is 0.166. The van der Waals surface area contributed by atoms with Gasteiger partial charge in [0, 0.05) is 11.8 Å². The number of anilines is 1. The van der Waals surface area contributed by atoms with Gasteiger partial charge in [-0.3, -0.25) is 4.79 Å². The molecule has 82 valence electrons. The van der Waals surface area contributed by atoms with Crippen molar-refractivity contribution in [3.05, 3.63) is 64.3 Å². The average molecular weight is 218 g/mol. The van der Waals surface area contributed by atoms with E-state index in [-0.39, 0.29) is 23.6 Å². The smallest absolute Gasteiger partial charge is 0.273 e. The maximum Gasteiger partial charge on any atom is 0.273 e. The second kappa shape index (κ2) is 4.18. The Kier molecular flexibility index (Phi) is 2.72. The summed E-state index contributed by atoms with van der Waals surface area (Å²) in [7, 11) is 0. The lowest BCUT2D eigenvalue weighted by Gasteiger charge is -2.07. The van der Waals surface area contributed by atoms with E-state index in [9.17, 15) is 9.18 Å². The Morgan fingerprint density at radius 1 is 1.19 bits per heavy atom. The van der Waals surface area contributed by atoms with Crippen molar-refractivity contribution in [1.29, 1.82) is 0 Å². The van der Waals surface area contributed by atoms with E-state index >= 15 is 0 Å². The summed E-state index contributed by atoms with van der Waals surface area (Å²) in [6, 6.07) is 9.55. The minimum Gasteiger partial charge on any atom is -0.394 e. The molecule has 0 radical (unpaired) electrons. The lowest BCUT2D eigenvalue weighted by Crippen LogP contribution is -2.22. The number of hydrogen-bond donors (Lipinski definition) is 1. The second-order valence-corrected chi connectivity index (χ2v) is 3.49. The van der Waals surface area contributed by atoms with Crippen molar-refractivity contribution in [1.82, 2.24) is 4.57 Å². The third-order valence-corrected chi connectivity index (χ3v) is 2.35. The number of hydrogen-bond acceptors (Lipinski definition) is 2. The van der Waals surface area contributed by atoms with Crippen molar-refractivity contribution in [2.45, 2.75) is 6.54 Å². The molecule has 0 atom stereocenters. The zero-order valence-corrected chi connectivity index (χ0v) is 8.56. The van der Waals surface area contributed by atoms with E-state index in [4.69, 9.17) is 5.73 Å². The Morgan fingerprint density at radius 2 is 1.94 bits per heavy atom. The van der Waals surface area contributed by atoms with Crippen LogP contribution in [-0.4, -0.2) is 4.57 Å². The average Bonchev–Trinajstić information content (AvgIpc) is 2.28. The standard InChI is InChI=1S/C12H11FN2O/c13-10-5-2-1-4-9(10)8-15-7-3-6-11(14)12(15)16/h1-7H,8,14H2. The van der Waals surface area contributed by atoms with Gasteiger partial charge in [-0.15, -0.1) is 0 Å². The first-order valence-corrected chi connectivity index (χ1v) is 4.87. The molecule has 0 bridgehead atoms. The molecule has 4 heteroatoms. The van der Waals surface area contributed by atoms with Crippen LogP contribution in [0, 0.1) is 5.82 Å². The molecule has 0 aliphatic heterocycles. The van der Waals surface area contributed by atoms with Crippen LogP contribution in [0.1, 0.15) is 5.56 Å². The number of nitrogens with two attached hydrogens (primary N) is 1. The van der Waals surface area contributed by atoms with E-state index in [1.807, 2.05) is 0 Å². The Hall–Kier alpha value is -2.10. The fourth-order valence-corrected chi connectivity index (χ4v) is 1.49.